The first-order chi connectivity index (χ1) is 15.6. The van der Waals surface area contributed by atoms with Gasteiger partial charge in [0.15, 0.2) is 23.3 Å². The summed E-state index contributed by atoms with van der Waals surface area (Å²) in [5.41, 5.74) is -0.828. The monoisotopic (exact) mass is 482 g/mol. The Labute approximate surface area is 195 Å². The van der Waals surface area contributed by atoms with E-state index in [1.54, 1.807) is 0 Å². The lowest BCUT2D eigenvalue weighted by molar-refractivity contribution is -0.327. The second-order valence-electron chi connectivity index (χ2n) is 8.91. The second kappa shape index (κ2) is 15.6. The van der Waals surface area contributed by atoms with Crippen molar-refractivity contribution in [1.82, 2.24) is 0 Å². The second-order valence-corrected chi connectivity index (χ2v) is 8.91. The number of benzene rings is 1. The summed E-state index contributed by atoms with van der Waals surface area (Å²) in [6.07, 6.45) is 6.89. The zero-order valence-corrected chi connectivity index (χ0v) is 20.5. The molecule has 0 aromatic heterocycles. The number of hydrogen-bond acceptors (Lipinski definition) is 3. The zero-order valence-electron chi connectivity index (χ0n) is 20.5. The molecule has 0 saturated carbocycles. The van der Waals surface area contributed by atoms with Crippen molar-refractivity contribution in [1.29, 1.82) is 0 Å². The average Bonchev–Trinajstić information content (AvgIpc) is 2.74. The topological polar surface area (TPSA) is 27.7 Å². The Morgan fingerprint density at radius 3 is 1.52 bits per heavy atom. The molecule has 192 valence electrons. The molecular weight excluding hydrogens is 443 g/mol. The Hall–Kier alpha value is -1.25. The molecule has 0 fully saturated rings. The van der Waals surface area contributed by atoms with Crippen LogP contribution in [-0.4, -0.2) is 24.8 Å². The third-order valence-electron chi connectivity index (χ3n) is 5.22. The molecule has 0 saturated heterocycles. The molecule has 0 aliphatic carbocycles. The number of rotatable bonds is 17. The molecule has 0 aliphatic rings. The molecule has 0 amide bonds. The summed E-state index contributed by atoms with van der Waals surface area (Å²) >= 11 is 0. The minimum absolute atomic E-state index is 0.0631. The normalized spacial score (nSPS) is 13.0. The van der Waals surface area contributed by atoms with E-state index in [1.807, 2.05) is 27.7 Å². The lowest BCUT2D eigenvalue weighted by atomic mass is 10.00. The van der Waals surface area contributed by atoms with E-state index in [4.69, 9.17) is 14.2 Å². The molecule has 1 rings (SSSR count). The van der Waals surface area contributed by atoms with Gasteiger partial charge < -0.3 is 14.2 Å². The van der Waals surface area contributed by atoms with Gasteiger partial charge in [-0.2, -0.15) is 0 Å². The largest absolute Gasteiger partial charge is 0.327 e. The Balaban J connectivity index is 2.86. The summed E-state index contributed by atoms with van der Waals surface area (Å²) in [5.74, 6) is -9.61. The van der Waals surface area contributed by atoms with Crippen LogP contribution in [0.1, 0.15) is 98.0 Å². The minimum atomic E-state index is -2.15. The first-order valence-corrected chi connectivity index (χ1v) is 12.0. The number of hydrogen-bond donors (Lipinski definition) is 0. The molecule has 0 radical (unpaired) electrons. The van der Waals surface area contributed by atoms with E-state index in [2.05, 4.69) is 6.92 Å². The smallest absolute Gasteiger partial charge is 0.272 e. The van der Waals surface area contributed by atoms with Gasteiger partial charge in [0, 0.05) is 5.56 Å². The molecule has 1 aromatic rings. The summed E-state index contributed by atoms with van der Waals surface area (Å²) in [7, 11) is 0. The summed E-state index contributed by atoms with van der Waals surface area (Å²) in [5, 5.41) is 0. The van der Waals surface area contributed by atoms with Crippen LogP contribution >= 0.6 is 0 Å². The van der Waals surface area contributed by atoms with Gasteiger partial charge in [0.2, 0.25) is 5.82 Å². The van der Waals surface area contributed by atoms with Crippen LogP contribution < -0.4 is 0 Å². The van der Waals surface area contributed by atoms with Crippen molar-refractivity contribution in [3.05, 3.63) is 34.6 Å². The average molecular weight is 483 g/mol. The Kier molecular flexibility index (Phi) is 14.1. The van der Waals surface area contributed by atoms with Crippen LogP contribution in [0.2, 0.25) is 0 Å². The van der Waals surface area contributed by atoms with Gasteiger partial charge in [-0.05, 0) is 47.0 Å². The highest BCUT2D eigenvalue weighted by atomic mass is 19.2. The molecule has 3 nitrogen and oxygen atoms in total. The highest BCUT2D eigenvalue weighted by Gasteiger charge is 2.27. The molecule has 0 aliphatic heterocycles. The number of halogens is 5. The molecule has 1 unspecified atom stereocenters. The fourth-order valence-corrected chi connectivity index (χ4v) is 3.48. The molecular formula is C25H39F5O3. The predicted molar refractivity (Wildman–Crippen MR) is 118 cm³/mol. The molecule has 1 atom stereocenters. The van der Waals surface area contributed by atoms with Crippen LogP contribution in [0.5, 0.6) is 0 Å². The first kappa shape index (κ1) is 29.8. The van der Waals surface area contributed by atoms with E-state index < -0.39 is 47.2 Å². The lowest BCUT2D eigenvalue weighted by Gasteiger charge is -2.28. The summed E-state index contributed by atoms with van der Waals surface area (Å²) in [6.45, 7) is 8.44. The number of unbranched alkanes of at least 4 members (excludes halogenated alkanes) is 6. The SMILES string of the molecule is CCCCCCCCCC(CCc1c(F)c(F)c(F)c(F)c1F)OC(OC(C)C)OC(C)C. The van der Waals surface area contributed by atoms with Crippen LogP contribution in [0.15, 0.2) is 0 Å². The highest BCUT2D eigenvalue weighted by Crippen LogP contribution is 2.26. The summed E-state index contributed by atoms with van der Waals surface area (Å²) in [4.78, 5) is 0. The maximum Gasteiger partial charge on any atom is 0.272 e. The van der Waals surface area contributed by atoms with E-state index >= 15 is 0 Å². The fraction of sp³-hybridized carbons (Fsp3) is 0.760. The van der Waals surface area contributed by atoms with Crippen molar-refractivity contribution in [2.45, 2.75) is 124 Å². The zero-order chi connectivity index (χ0) is 25.0. The van der Waals surface area contributed by atoms with Crippen molar-refractivity contribution >= 4 is 0 Å². The van der Waals surface area contributed by atoms with Crippen LogP contribution in [0, 0.1) is 29.1 Å². The van der Waals surface area contributed by atoms with Crippen LogP contribution in [0.25, 0.3) is 0 Å². The molecule has 0 spiro atoms. The van der Waals surface area contributed by atoms with Crippen LogP contribution in [0.3, 0.4) is 0 Å². The Morgan fingerprint density at radius 1 is 0.576 bits per heavy atom. The highest BCUT2D eigenvalue weighted by molar-refractivity contribution is 5.24. The predicted octanol–water partition coefficient (Wildman–Crippen LogP) is 7.97. The van der Waals surface area contributed by atoms with Gasteiger partial charge in [0.1, 0.15) is 0 Å². The van der Waals surface area contributed by atoms with Crippen molar-refractivity contribution in [3.63, 3.8) is 0 Å². The third kappa shape index (κ3) is 10.7. The van der Waals surface area contributed by atoms with Gasteiger partial charge in [-0.15, -0.1) is 0 Å². The van der Waals surface area contributed by atoms with Crippen LogP contribution in [0.4, 0.5) is 22.0 Å². The van der Waals surface area contributed by atoms with Crippen LogP contribution in [-0.2, 0) is 20.6 Å². The van der Waals surface area contributed by atoms with E-state index in [1.165, 1.54) is 19.3 Å². The van der Waals surface area contributed by atoms with Gasteiger partial charge in [-0.1, -0.05) is 51.9 Å². The van der Waals surface area contributed by atoms with Crippen molar-refractivity contribution < 1.29 is 36.2 Å². The van der Waals surface area contributed by atoms with Crippen molar-refractivity contribution in [2.24, 2.45) is 0 Å². The Bertz CT molecular complexity index is 658. The van der Waals surface area contributed by atoms with E-state index in [0.717, 1.165) is 25.7 Å². The van der Waals surface area contributed by atoms with Gasteiger partial charge in [0.05, 0.1) is 18.3 Å². The molecule has 0 N–H and O–H groups in total. The van der Waals surface area contributed by atoms with Gasteiger partial charge in [0.25, 0.3) is 6.48 Å². The standard InChI is InChI=1S/C25H39F5O3/c1-6-7-8-9-10-11-12-13-18(33-25(31-16(2)3)32-17(4)5)14-15-19-20(26)22(28)24(30)23(29)21(19)27/h16-18,25H,6-15H2,1-5H3. The molecule has 0 heterocycles. The quantitative estimate of drug-likeness (QED) is 0.0741. The fourth-order valence-electron chi connectivity index (χ4n) is 3.48. The van der Waals surface area contributed by atoms with Crippen molar-refractivity contribution in [2.75, 3.05) is 0 Å². The van der Waals surface area contributed by atoms with E-state index in [9.17, 15) is 22.0 Å². The molecule has 0 bridgehead atoms. The minimum Gasteiger partial charge on any atom is -0.327 e. The third-order valence-corrected chi connectivity index (χ3v) is 5.22. The van der Waals surface area contributed by atoms with E-state index in [-0.39, 0.29) is 25.0 Å². The maximum absolute atomic E-state index is 14.1. The summed E-state index contributed by atoms with van der Waals surface area (Å²) in [6, 6.07) is 0. The molecule has 8 heteroatoms. The molecule has 33 heavy (non-hydrogen) atoms. The van der Waals surface area contributed by atoms with Gasteiger partial charge >= 0.3 is 0 Å². The van der Waals surface area contributed by atoms with E-state index in [0.29, 0.717) is 6.42 Å². The van der Waals surface area contributed by atoms with Gasteiger partial charge in [-0.3, -0.25) is 0 Å². The lowest BCUT2D eigenvalue weighted by Crippen LogP contribution is -2.32. The Morgan fingerprint density at radius 2 is 1.03 bits per heavy atom. The molecule has 1 aromatic carbocycles. The first-order valence-electron chi connectivity index (χ1n) is 12.0. The summed E-state index contributed by atoms with van der Waals surface area (Å²) < 4.78 is 85.9. The van der Waals surface area contributed by atoms with Gasteiger partial charge in [-0.25, -0.2) is 22.0 Å². The number of ether oxygens (including phenoxy) is 3. The maximum atomic E-state index is 14.1. The van der Waals surface area contributed by atoms with Crippen molar-refractivity contribution in [3.8, 4) is 0 Å².